The van der Waals surface area contributed by atoms with Crippen LogP contribution in [0.15, 0.2) is 71.3 Å². The maximum Gasteiger partial charge on any atom is 0.286 e. The molecule has 0 fully saturated rings. The van der Waals surface area contributed by atoms with Crippen molar-refractivity contribution in [3.63, 3.8) is 0 Å². The van der Waals surface area contributed by atoms with Gasteiger partial charge in [-0.3, -0.25) is 4.79 Å². The molecule has 0 radical (unpaired) electrons. The van der Waals surface area contributed by atoms with Crippen molar-refractivity contribution >= 4 is 16.9 Å². The van der Waals surface area contributed by atoms with E-state index in [-0.39, 0.29) is 5.91 Å². The Morgan fingerprint density at radius 1 is 1.03 bits per heavy atom. The zero-order valence-electron chi connectivity index (χ0n) is 18.1. The molecule has 0 spiro atoms. The van der Waals surface area contributed by atoms with Crippen molar-refractivity contribution in [3.8, 4) is 11.5 Å². The number of carbonyl (C=O) groups excluding carboxylic acids is 1. The second kappa shape index (κ2) is 10.5. The SMILES string of the molecule is COc1ccccc1OCCCCn1c(CCNC(=O)c2ccco2)nc2ccccc21. The molecule has 0 aliphatic carbocycles. The Morgan fingerprint density at radius 3 is 2.66 bits per heavy atom. The molecule has 2 aromatic carbocycles. The van der Waals surface area contributed by atoms with E-state index in [1.807, 2.05) is 42.5 Å². The normalized spacial score (nSPS) is 10.9. The monoisotopic (exact) mass is 433 g/mol. The molecule has 4 aromatic rings. The molecule has 1 amide bonds. The Kier molecular flexibility index (Phi) is 7.07. The summed E-state index contributed by atoms with van der Waals surface area (Å²) in [5.74, 6) is 2.55. The molecular formula is C25H27N3O4. The summed E-state index contributed by atoms with van der Waals surface area (Å²) >= 11 is 0. The fraction of sp³-hybridized carbons (Fsp3) is 0.280. The summed E-state index contributed by atoms with van der Waals surface area (Å²) in [4.78, 5) is 16.9. The van der Waals surface area contributed by atoms with Gasteiger partial charge in [0, 0.05) is 19.5 Å². The van der Waals surface area contributed by atoms with Crippen molar-refractivity contribution < 1.29 is 18.7 Å². The number of carbonyl (C=O) groups is 1. The number of fused-ring (bicyclic) bond motifs is 1. The van der Waals surface area contributed by atoms with Gasteiger partial charge in [0.05, 0.1) is 31.0 Å². The molecule has 2 heterocycles. The zero-order valence-corrected chi connectivity index (χ0v) is 18.1. The summed E-state index contributed by atoms with van der Waals surface area (Å²) in [7, 11) is 1.64. The van der Waals surface area contributed by atoms with Crippen LogP contribution in [0.25, 0.3) is 11.0 Å². The van der Waals surface area contributed by atoms with Crippen LogP contribution in [-0.4, -0.2) is 35.7 Å². The first-order chi connectivity index (χ1) is 15.8. The van der Waals surface area contributed by atoms with Crippen LogP contribution in [-0.2, 0) is 13.0 Å². The molecule has 7 nitrogen and oxygen atoms in total. The van der Waals surface area contributed by atoms with E-state index >= 15 is 0 Å². The maximum absolute atomic E-state index is 12.1. The quantitative estimate of drug-likeness (QED) is 0.353. The van der Waals surface area contributed by atoms with Crippen molar-refractivity contribution in [2.45, 2.75) is 25.8 Å². The van der Waals surface area contributed by atoms with Gasteiger partial charge in [-0.2, -0.15) is 0 Å². The van der Waals surface area contributed by atoms with Crippen molar-refractivity contribution in [2.75, 3.05) is 20.3 Å². The highest BCUT2D eigenvalue weighted by molar-refractivity contribution is 5.91. The van der Waals surface area contributed by atoms with E-state index in [0.29, 0.717) is 25.3 Å². The highest BCUT2D eigenvalue weighted by Crippen LogP contribution is 2.26. The standard InChI is InChI=1S/C25H27N3O4/c1-30-21-11-4-5-12-22(21)31-17-7-6-16-28-20-10-3-2-9-19(20)27-24(28)14-15-26-25(29)23-13-8-18-32-23/h2-5,8-13,18H,6-7,14-17H2,1H3,(H,26,29). The second-order valence-corrected chi connectivity index (χ2v) is 7.36. The summed E-state index contributed by atoms with van der Waals surface area (Å²) in [5.41, 5.74) is 2.07. The number of benzene rings is 2. The molecule has 4 rings (SSSR count). The number of para-hydroxylation sites is 4. The van der Waals surface area contributed by atoms with E-state index in [9.17, 15) is 4.79 Å². The Balaban J connectivity index is 1.33. The lowest BCUT2D eigenvalue weighted by molar-refractivity contribution is 0.0926. The highest BCUT2D eigenvalue weighted by Gasteiger charge is 2.12. The van der Waals surface area contributed by atoms with Crippen molar-refractivity contribution in [1.82, 2.24) is 14.9 Å². The predicted molar refractivity (Wildman–Crippen MR) is 122 cm³/mol. The van der Waals surface area contributed by atoms with E-state index < -0.39 is 0 Å². The van der Waals surface area contributed by atoms with Crippen LogP contribution < -0.4 is 14.8 Å². The fourth-order valence-corrected chi connectivity index (χ4v) is 3.64. The molecule has 0 atom stereocenters. The number of ether oxygens (including phenoxy) is 2. The molecule has 32 heavy (non-hydrogen) atoms. The van der Waals surface area contributed by atoms with Crippen LogP contribution in [0.3, 0.4) is 0 Å². The lowest BCUT2D eigenvalue weighted by Gasteiger charge is -2.12. The number of nitrogens with one attached hydrogen (secondary N) is 1. The van der Waals surface area contributed by atoms with E-state index in [1.54, 1.807) is 19.2 Å². The molecule has 0 bridgehead atoms. The van der Waals surface area contributed by atoms with Crippen LogP contribution in [0.5, 0.6) is 11.5 Å². The molecule has 7 heteroatoms. The maximum atomic E-state index is 12.1. The molecule has 166 valence electrons. The lowest BCUT2D eigenvalue weighted by atomic mass is 10.2. The van der Waals surface area contributed by atoms with E-state index in [1.165, 1.54) is 6.26 Å². The predicted octanol–water partition coefficient (Wildman–Crippen LogP) is 4.47. The average molecular weight is 434 g/mol. The first kappa shape index (κ1) is 21.5. The molecule has 0 aliphatic rings. The van der Waals surface area contributed by atoms with Crippen molar-refractivity contribution in [1.29, 1.82) is 0 Å². The summed E-state index contributed by atoms with van der Waals surface area (Å²) in [6.45, 7) is 1.93. The number of rotatable bonds is 11. The first-order valence-electron chi connectivity index (χ1n) is 10.8. The van der Waals surface area contributed by atoms with Gasteiger partial charge in [-0.1, -0.05) is 24.3 Å². The number of amides is 1. The van der Waals surface area contributed by atoms with Crippen LogP contribution in [0, 0.1) is 0 Å². The fourth-order valence-electron chi connectivity index (χ4n) is 3.64. The molecule has 1 N–H and O–H groups in total. The van der Waals surface area contributed by atoms with Gasteiger partial charge in [0.2, 0.25) is 0 Å². The summed E-state index contributed by atoms with van der Waals surface area (Å²) in [6.07, 6.45) is 3.98. The van der Waals surface area contributed by atoms with Crippen LogP contribution >= 0.6 is 0 Å². The minimum atomic E-state index is -0.217. The number of nitrogens with zero attached hydrogens (tertiary/aromatic N) is 2. The summed E-state index contributed by atoms with van der Waals surface area (Å²) < 4.78 is 18.6. The first-order valence-corrected chi connectivity index (χ1v) is 10.8. The minimum Gasteiger partial charge on any atom is -0.493 e. The minimum absolute atomic E-state index is 0.217. The van der Waals surface area contributed by atoms with E-state index in [0.717, 1.165) is 47.7 Å². The van der Waals surface area contributed by atoms with Gasteiger partial charge >= 0.3 is 0 Å². The molecule has 0 saturated heterocycles. The third-order valence-electron chi connectivity index (χ3n) is 5.22. The van der Waals surface area contributed by atoms with Crippen molar-refractivity contribution in [2.24, 2.45) is 0 Å². The average Bonchev–Trinajstić information content (AvgIpc) is 3.48. The number of hydrogen-bond donors (Lipinski definition) is 1. The number of unbranched alkanes of at least 4 members (excludes halogenated alkanes) is 1. The molecule has 0 saturated carbocycles. The number of methoxy groups -OCH3 is 1. The van der Waals surface area contributed by atoms with Gasteiger partial charge in [-0.25, -0.2) is 4.98 Å². The Bertz CT molecular complexity index is 1150. The Morgan fingerprint density at radius 2 is 1.84 bits per heavy atom. The Labute approximate surface area is 187 Å². The van der Waals surface area contributed by atoms with Crippen LogP contribution in [0.4, 0.5) is 0 Å². The summed E-state index contributed by atoms with van der Waals surface area (Å²) in [6, 6.07) is 19.1. The molecular weight excluding hydrogens is 406 g/mol. The topological polar surface area (TPSA) is 78.5 Å². The van der Waals surface area contributed by atoms with Crippen LogP contribution in [0.1, 0.15) is 29.2 Å². The van der Waals surface area contributed by atoms with Gasteiger partial charge in [0.1, 0.15) is 5.82 Å². The molecule has 2 aromatic heterocycles. The summed E-state index contributed by atoms with van der Waals surface area (Å²) in [5, 5.41) is 2.89. The number of furan rings is 1. The van der Waals surface area contributed by atoms with E-state index in [2.05, 4.69) is 16.0 Å². The number of imidazole rings is 1. The zero-order chi connectivity index (χ0) is 22.2. The van der Waals surface area contributed by atoms with Gasteiger partial charge < -0.3 is 23.8 Å². The largest absolute Gasteiger partial charge is 0.493 e. The Hall–Kier alpha value is -3.74. The number of hydrogen-bond acceptors (Lipinski definition) is 5. The smallest absolute Gasteiger partial charge is 0.286 e. The lowest BCUT2D eigenvalue weighted by Crippen LogP contribution is -2.26. The van der Waals surface area contributed by atoms with E-state index in [4.69, 9.17) is 18.9 Å². The molecule has 0 unspecified atom stereocenters. The number of aryl methyl sites for hydroxylation is 1. The highest BCUT2D eigenvalue weighted by atomic mass is 16.5. The molecule has 0 aliphatic heterocycles. The van der Waals surface area contributed by atoms with Gasteiger partial charge in [0.15, 0.2) is 17.3 Å². The third-order valence-corrected chi connectivity index (χ3v) is 5.22. The van der Waals surface area contributed by atoms with Crippen LogP contribution in [0.2, 0.25) is 0 Å². The van der Waals surface area contributed by atoms with Gasteiger partial charge in [-0.05, 0) is 49.2 Å². The van der Waals surface area contributed by atoms with Gasteiger partial charge in [0.25, 0.3) is 5.91 Å². The third kappa shape index (κ3) is 5.11. The number of aromatic nitrogens is 2. The van der Waals surface area contributed by atoms with Gasteiger partial charge in [-0.15, -0.1) is 0 Å². The van der Waals surface area contributed by atoms with Crippen molar-refractivity contribution in [3.05, 3.63) is 78.5 Å². The second-order valence-electron chi connectivity index (χ2n) is 7.36.